The molecule has 31 heavy (non-hydrogen) atoms. The minimum atomic E-state index is -5.07. The molecule has 0 heterocycles. The summed E-state index contributed by atoms with van der Waals surface area (Å²) in [6, 6.07) is 6.97. The van der Waals surface area contributed by atoms with Gasteiger partial charge in [0.05, 0.1) is 29.2 Å². The van der Waals surface area contributed by atoms with Crippen LogP contribution in [0.1, 0.15) is 27.8 Å². The third kappa shape index (κ3) is 6.74. The Balaban J connectivity index is 2.22. The van der Waals surface area contributed by atoms with Crippen LogP contribution < -0.4 is 5.32 Å². The average molecular weight is 444 g/mol. The average Bonchev–Trinajstić information content (AvgIpc) is 2.66. The highest BCUT2D eigenvalue weighted by atomic mass is 19.4. The molecule has 2 rings (SSSR count). The molecule has 2 N–H and O–H groups in total. The molecule has 0 aliphatic carbocycles. The molecule has 0 aromatic heterocycles. The van der Waals surface area contributed by atoms with Gasteiger partial charge in [-0.15, -0.1) is 0 Å². The van der Waals surface area contributed by atoms with Crippen LogP contribution in [0.3, 0.4) is 0 Å². The van der Waals surface area contributed by atoms with Gasteiger partial charge in [-0.25, -0.2) is 4.79 Å². The second kappa shape index (κ2) is 9.07. The van der Waals surface area contributed by atoms with Gasteiger partial charge in [-0.2, -0.15) is 31.6 Å². The van der Waals surface area contributed by atoms with Crippen molar-refractivity contribution in [3.8, 4) is 6.07 Å². The van der Waals surface area contributed by atoms with Crippen LogP contribution >= 0.6 is 0 Å². The van der Waals surface area contributed by atoms with Gasteiger partial charge in [-0.3, -0.25) is 4.79 Å². The maximum atomic E-state index is 12.9. The lowest BCUT2D eigenvalue weighted by molar-refractivity contribution is -0.143. The number of carbonyl (C=O) groups is 2. The maximum Gasteiger partial charge on any atom is 0.416 e. The molecule has 0 saturated carbocycles. The normalized spacial score (nSPS) is 12.7. The van der Waals surface area contributed by atoms with Gasteiger partial charge < -0.3 is 10.4 Å². The van der Waals surface area contributed by atoms with Gasteiger partial charge in [0.25, 0.3) is 0 Å². The van der Waals surface area contributed by atoms with E-state index in [1.54, 1.807) is 0 Å². The minimum absolute atomic E-state index is 0.0658. The Morgan fingerprint density at radius 2 is 1.55 bits per heavy atom. The number of nitrogens with one attached hydrogen (secondary N) is 1. The fourth-order valence-electron chi connectivity index (χ4n) is 2.76. The highest BCUT2D eigenvalue weighted by Gasteiger charge is 2.37. The van der Waals surface area contributed by atoms with Crippen LogP contribution in [0.5, 0.6) is 0 Å². The SMILES string of the molecule is N#Cc1cccc(C[C@H](NC(=O)Cc2cc(C(F)(F)F)cc(C(F)(F)F)c2)C(=O)O)c1. The van der Waals surface area contributed by atoms with E-state index in [4.69, 9.17) is 5.26 Å². The molecule has 1 atom stereocenters. The first-order valence-electron chi connectivity index (χ1n) is 8.59. The highest BCUT2D eigenvalue weighted by molar-refractivity contribution is 5.85. The number of nitriles is 1. The molecular weight excluding hydrogens is 430 g/mol. The van der Waals surface area contributed by atoms with Crippen molar-refractivity contribution in [2.24, 2.45) is 0 Å². The number of carboxylic acid groups (broad SMARTS) is 1. The lowest BCUT2D eigenvalue weighted by atomic mass is 10.0. The predicted molar refractivity (Wildman–Crippen MR) is 94.6 cm³/mol. The zero-order chi connectivity index (χ0) is 23.4. The van der Waals surface area contributed by atoms with Crippen LogP contribution in [0.2, 0.25) is 0 Å². The molecule has 0 radical (unpaired) electrons. The van der Waals surface area contributed by atoms with Gasteiger partial charge in [0, 0.05) is 6.42 Å². The van der Waals surface area contributed by atoms with E-state index in [-0.39, 0.29) is 18.1 Å². The second-order valence-electron chi connectivity index (χ2n) is 6.57. The van der Waals surface area contributed by atoms with E-state index in [2.05, 4.69) is 5.32 Å². The number of alkyl halides is 6. The number of aliphatic carboxylic acids is 1. The summed E-state index contributed by atoms with van der Waals surface area (Å²) in [4.78, 5) is 23.6. The van der Waals surface area contributed by atoms with Crippen LogP contribution in [-0.4, -0.2) is 23.0 Å². The number of rotatable bonds is 6. The molecular formula is C20H14F6N2O3. The van der Waals surface area contributed by atoms with E-state index < -0.39 is 53.4 Å². The van der Waals surface area contributed by atoms with Crippen molar-refractivity contribution >= 4 is 11.9 Å². The minimum Gasteiger partial charge on any atom is -0.480 e. The zero-order valence-electron chi connectivity index (χ0n) is 15.5. The second-order valence-corrected chi connectivity index (χ2v) is 6.57. The predicted octanol–water partition coefficient (Wildman–Crippen LogP) is 3.95. The van der Waals surface area contributed by atoms with Crippen LogP contribution in [-0.2, 0) is 34.8 Å². The molecule has 0 fully saturated rings. The van der Waals surface area contributed by atoms with Crippen molar-refractivity contribution in [3.63, 3.8) is 0 Å². The number of hydrogen-bond acceptors (Lipinski definition) is 3. The summed E-state index contributed by atoms with van der Waals surface area (Å²) in [5.74, 6) is -2.54. The molecule has 0 aliphatic rings. The molecule has 2 aromatic carbocycles. The number of carboxylic acids is 1. The van der Waals surface area contributed by atoms with Crippen molar-refractivity contribution in [2.75, 3.05) is 0 Å². The van der Waals surface area contributed by atoms with E-state index in [1.807, 2.05) is 6.07 Å². The van der Waals surface area contributed by atoms with Gasteiger partial charge in [-0.1, -0.05) is 12.1 Å². The summed E-state index contributed by atoms with van der Waals surface area (Å²) in [5, 5.41) is 20.3. The van der Waals surface area contributed by atoms with E-state index in [0.717, 1.165) is 0 Å². The molecule has 0 aliphatic heterocycles. The van der Waals surface area contributed by atoms with Crippen LogP contribution in [0.15, 0.2) is 42.5 Å². The monoisotopic (exact) mass is 444 g/mol. The number of amides is 1. The van der Waals surface area contributed by atoms with Gasteiger partial charge in [0.2, 0.25) is 5.91 Å². The molecule has 5 nitrogen and oxygen atoms in total. The van der Waals surface area contributed by atoms with Crippen LogP contribution in [0.25, 0.3) is 0 Å². The quantitative estimate of drug-likeness (QED) is 0.661. The van der Waals surface area contributed by atoms with Gasteiger partial charge in [0.1, 0.15) is 6.04 Å². The first-order valence-corrected chi connectivity index (χ1v) is 8.59. The highest BCUT2D eigenvalue weighted by Crippen LogP contribution is 2.36. The number of benzene rings is 2. The third-order valence-electron chi connectivity index (χ3n) is 4.14. The van der Waals surface area contributed by atoms with E-state index in [0.29, 0.717) is 17.7 Å². The summed E-state index contributed by atoms with van der Waals surface area (Å²) in [6.45, 7) is 0. The lowest BCUT2D eigenvalue weighted by Gasteiger charge is -2.16. The third-order valence-corrected chi connectivity index (χ3v) is 4.14. The standard InChI is InChI=1S/C20H14F6N2O3/c21-19(22,23)14-5-13(6-15(9-14)20(24,25)26)8-17(29)28-16(18(30)31)7-11-2-1-3-12(4-11)10-27/h1-6,9,16H,7-8H2,(H,28,29)(H,30,31)/t16-/m0/s1. The van der Waals surface area contributed by atoms with Crippen molar-refractivity contribution in [1.82, 2.24) is 5.32 Å². The van der Waals surface area contributed by atoms with Gasteiger partial charge in [0.15, 0.2) is 0 Å². The molecule has 0 unspecified atom stereocenters. The first kappa shape index (κ1) is 23.7. The number of carbonyl (C=O) groups excluding carboxylic acids is 1. The molecule has 0 spiro atoms. The van der Waals surface area contributed by atoms with E-state index in [9.17, 15) is 41.0 Å². The Hall–Kier alpha value is -3.55. The lowest BCUT2D eigenvalue weighted by Crippen LogP contribution is -2.43. The fraction of sp³-hybridized carbons (Fsp3) is 0.250. The van der Waals surface area contributed by atoms with E-state index >= 15 is 0 Å². The van der Waals surface area contributed by atoms with Crippen molar-refractivity contribution in [2.45, 2.75) is 31.2 Å². The fourth-order valence-corrected chi connectivity index (χ4v) is 2.76. The largest absolute Gasteiger partial charge is 0.480 e. The number of nitrogens with zero attached hydrogens (tertiary/aromatic N) is 1. The summed E-state index contributed by atoms with van der Waals surface area (Å²) in [5.41, 5.74) is -3.08. The Labute approximate surface area is 171 Å². The van der Waals surface area contributed by atoms with E-state index in [1.165, 1.54) is 24.3 Å². The van der Waals surface area contributed by atoms with Crippen molar-refractivity contribution in [3.05, 3.63) is 70.3 Å². The Bertz CT molecular complexity index is 993. The maximum absolute atomic E-state index is 12.9. The van der Waals surface area contributed by atoms with Crippen molar-refractivity contribution in [1.29, 1.82) is 5.26 Å². The summed E-state index contributed by atoms with van der Waals surface area (Å²) < 4.78 is 77.6. The molecule has 11 heteroatoms. The Morgan fingerprint density at radius 1 is 0.968 bits per heavy atom. The van der Waals surface area contributed by atoms with Crippen LogP contribution in [0.4, 0.5) is 26.3 Å². The number of halogens is 6. The summed E-state index contributed by atoms with van der Waals surface area (Å²) in [7, 11) is 0. The zero-order valence-corrected chi connectivity index (χ0v) is 15.5. The number of hydrogen-bond donors (Lipinski definition) is 2. The first-order chi connectivity index (χ1) is 14.3. The van der Waals surface area contributed by atoms with Crippen molar-refractivity contribution < 1.29 is 41.0 Å². The summed E-state index contributed by atoms with van der Waals surface area (Å²) in [6.07, 6.45) is -11.3. The van der Waals surface area contributed by atoms with Gasteiger partial charge in [-0.05, 0) is 41.5 Å². The Kier molecular flexibility index (Phi) is 6.95. The smallest absolute Gasteiger partial charge is 0.416 e. The molecule has 1 amide bonds. The molecule has 2 aromatic rings. The van der Waals surface area contributed by atoms with Gasteiger partial charge >= 0.3 is 18.3 Å². The molecule has 0 saturated heterocycles. The molecule has 0 bridgehead atoms. The topological polar surface area (TPSA) is 90.2 Å². The molecule has 164 valence electrons. The van der Waals surface area contributed by atoms with Crippen LogP contribution in [0, 0.1) is 11.3 Å². The Morgan fingerprint density at radius 3 is 2.03 bits per heavy atom. The summed E-state index contributed by atoms with van der Waals surface area (Å²) >= 11 is 0.